The second kappa shape index (κ2) is 9.82. The van der Waals surface area contributed by atoms with Crippen LogP contribution in [-0.4, -0.2) is 11.4 Å². The van der Waals surface area contributed by atoms with Gasteiger partial charge in [0, 0.05) is 18.0 Å². The number of rotatable bonds is 3. The summed E-state index contributed by atoms with van der Waals surface area (Å²) < 4.78 is 0. The lowest BCUT2D eigenvalue weighted by molar-refractivity contribution is -0.386. The fourth-order valence-corrected chi connectivity index (χ4v) is 1.41. The van der Waals surface area contributed by atoms with Crippen LogP contribution in [0.25, 0.3) is 0 Å². The first-order chi connectivity index (χ1) is 8.72. The molecule has 0 heterocycles. The SMILES string of the molecule is O.O=C([O-])Cc1ccccc1.[NH3+]Cc1ccccc1. The summed E-state index contributed by atoms with van der Waals surface area (Å²) in [6.07, 6.45) is 0.000833. The van der Waals surface area contributed by atoms with Crippen molar-refractivity contribution in [2.75, 3.05) is 0 Å². The first-order valence-electron chi connectivity index (χ1n) is 5.79. The summed E-state index contributed by atoms with van der Waals surface area (Å²) >= 11 is 0. The lowest BCUT2D eigenvalue weighted by atomic mass is 10.2. The van der Waals surface area contributed by atoms with Crippen LogP contribution in [0.4, 0.5) is 0 Å². The van der Waals surface area contributed by atoms with Gasteiger partial charge in [0.1, 0.15) is 0 Å². The number of carbonyl (C=O) groups is 1. The molecule has 0 bridgehead atoms. The van der Waals surface area contributed by atoms with E-state index in [1.807, 2.05) is 24.3 Å². The highest BCUT2D eigenvalue weighted by atomic mass is 16.4. The zero-order valence-electron chi connectivity index (χ0n) is 10.7. The summed E-state index contributed by atoms with van der Waals surface area (Å²) in [5.74, 6) is -1.04. The fourth-order valence-electron chi connectivity index (χ4n) is 1.41. The first kappa shape index (κ1) is 16.8. The van der Waals surface area contributed by atoms with Crippen molar-refractivity contribution in [3.8, 4) is 0 Å². The van der Waals surface area contributed by atoms with Gasteiger partial charge in [-0.3, -0.25) is 0 Å². The van der Waals surface area contributed by atoms with E-state index in [0.717, 1.165) is 12.1 Å². The average molecular weight is 261 g/mol. The molecule has 19 heavy (non-hydrogen) atoms. The molecule has 0 unspecified atom stereocenters. The minimum absolute atomic E-state index is 0. The second-order valence-corrected chi connectivity index (χ2v) is 3.77. The monoisotopic (exact) mass is 261 g/mol. The summed E-state index contributed by atoms with van der Waals surface area (Å²) in [7, 11) is 0. The fraction of sp³-hybridized carbons (Fsp3) is 0.133. The van der Waals surface area contributed by atoms with Gasteiger partial charge in [0.15, 0.2) is 0 Å². The maximum atomic E-state index is 10.1. The molecular formula is C15H19NO3. The third kappa shape index (κ3) is 7.70. The van der Waals surface area contributed by atoms with Gasteiger partial charge in [-0.25, -0.2) is 0 Å². The molecule has 0 aliphatic heterocycles. The van der Waals surface area contributed by atoms with Crippen LogP contribution in [0.3, 0.4) is 0 Å². The first-order valence-corrected chi connectivity index (χ1v) is 5.79. The number of hydrogen-bond donors (Lipinski definition) is 1. The van der Waals surface area contributed by atoms with Crippen molar-refractivity contribution in [3.63, 3.8) is 0 Å². The van der Waals surface area contributed by atoms with E-state index in [4.69, 9.17) is 0 Å². The molecular weight excluding hydrogens is 242 g/mol. The van der Waals surface area contributed by atoms with Crippen LogP contribution in [0.15, 0.2) is 60.7 Å². The molecule has 0 fully saturated rings. The molecule has 0 saturated heterocycles. The van der Waals surface area contributed by atoms with Gasteiger partial charge in [0.05, 0.1) is 6.54 Å². The Morgan fingerprint density at radius 3 is 1.63 bits per heavy atom. The maximum absolute atomic E-state index is 10.1. The van der Waals surface area contributed by atoms with E-state index >= 15 is 0 Å². The topological polar surface area (TPSA) is 99.3 Å². The zero-order valence-corrected chi connectivity index (χ0v) is 10.7. The highest BCUT2D eigenvalue weighted by molar-refractivity contribution is 5.67. The third-order valence-corrected chi connectivity index (χ3v) is 2.32. The standard InChI is InChI=1S/C8H8O2.C7H9N.H2O/c9-8(10)6-7-4-2-1-3-5-7;8-6-7-4-2-1-3-5-7;/h1-5H,6H2,(H,9,10);1-5H,6,8H2;1H2. The van der Waals surface area contributed by atoms with Crippen molar-refractivity contribution in [2.45, 2.75) is 13.0 Å². The van der Waals surface area contributed by atoms with Crippen molar-refractivity contribution in [3.05, 3.63) is 71.8 Å². The number of aliphatic carboxylic acids is 1. The van der Waals surface area contributed by atoms with Gasteiger partial charge >= 0.3 is 0 Å². The lowest BCUT2D eigenvalue weighted by Gasteiger charge is -1.99. The van der Waals surface area contributed by atoms with E-state index in [-0.39, 0.29) is 11.9 Å². The number of benzene rings is 2. The van der Waals surface area contributed by atoms with Crippen LogP contribution in [0.5, 0.6) is 0 Å². The Kier molecular flexibility index (Phi) is 8.70. The molecule has 102 valence electrons. The van der Waals surface area contributed by atoms with E-state index in [0.29, 0.717) is 0 Å². The van der Waals surface area contributed by atoms with Crippen molar-refractivity contribution < 1.29 is 21.1 Å². The van der Waals surface area contributed by atoms with Gasteiger partial charge in [0.2, 0.25) is 0 Å². The minimum Gasteiger partial charge on any atom is -0.550 e. The van der Waals surface area contributed by atoms with Crippen molar-refractivity contribution in [1.82, 2.24) is 0 Å². The van der Waals surface area contributed by atoms with Crippen LogP contribution >= 0.6 is 0 Å². The van der Waals surface area contributed by atoms with Crippen LogP contribution in [0.2, 0.25) is 0 Å². The summed E-state index contributed by atoms with van der Waals surface area (Å²) in [6, 6.07) is 19.2. The Morgan fingerprint density at radius 2 is 1.32 bits per heavy atom. The Morgan fingerprint density at radius 1 is 0.895 bits per heavy atom. The Balaban J connectivity index is 0.000000331. The molecule has 2 aromatic rings. The van der Waals surface area contributed by atoms with Gasteiger partial charge < -0.3 is 21.1 Å². The largest absolute Gasteiger partial charge is 0.550 e. The van der Waals surface area contributed by atoms with Crippen LogP contribution in [0, 0.1) is 0 Å². The van der Waals surface area contributed by atoms with Crippen molar-refractivity contribution in [2.24, 2.45) is 0 Å². The molecule has 5 N–H and O–H groups in total. The molecule has 4 heteroatoms. The summed E-state index contributed by atoms with van der Waals surface area (Å²) in [5.41, 5.74) is 5.83. The third-order valence-electron chi connectivity index (χ3n) is 2.32. The molecule has 0 saturated carbocycles. The van der Waals surface area contributed by atoms with E-state index in [2.05, 4.69) is 17.9 Å². The van der Waals surface area contributed by atoms with Gasteiger partial charge in [-0.2, -0.15) is 0 Å². The molecule has 0 atom stereocenters. The second-order valence-electron chi connectivity index (χ2n) is 3.77. The quantitative estimate of drug-likeness (QED) is 0.811. The predicted molar refractivity (Wildman–Crippen MR) is 71.8 cm³/mol. The zero-order chi connectivity index (χ0) is 13.2. The van der Waals surface area contributed by atoms with Gasteiger partial charge in [-0.05, 0) is 5.56 Å². The molecule has 4 nitrogen and oxygen atoms in total. The maximum Gasteiger partial charge on any atom is 0.0997 e. The van der Waals surface area contributed by atoms with Gasteiger partial charge in [-0.1, -0.05) is 60.7 Å². The molecule has 0 spiro atoms. The Bertz CT molecular complexity index is 457. The number of quaternary nitrogens is 1. The molecule has 2 rings (SSSR count). The van der Waals surface area contributed by atoms with Gasteiger partial charge in [-0.15, -0.1) is 0 Å². The summed E-state index contributed by atoms with van der Waals surface area (Å²) in [5, 5.41) is 10.1. The Hall–Kier alpha value is -2.17. The lowest BCUT2D eigenvalue weighted by Crippen LogP contribution is -2.47. The van der Waals surface area contributed by atoms with Crippen LogP contribution in [-0.2, 0) is 17.8 Å². The summed E-state index contributed by atoms with van der Waals surface area (Å²) in [4.78, 5) is 10.1. The number of carboxylic acid groups (broad SMARTS) is 1. The summed E-state index contributed by atoms with van der Waals surface area (Å²) in [6.45, 7) is 0.890. The van der Waals surface area contributed by atoms with E-state index in [1.54, 1.807) is 24.3 Å². The Labute approximate surface area is 112 Å². The number of hydrogen-bond acceptors (Lipinski definition) is 2. The number of carbonyl (C=O) groups excluding carboxylic acids is 1. The molecule has 0 radical (unpaired) electrons. The average Bonchev–Trinajstić information content (AvgIpc) is 2.41. The van der Waals surface area contributed by atoms with Crippen molar-refractivity contribution in [1.29, 1.82) is 0 Å². The van der Waals surface area contributed by atoms with E-state index in [1.165, 1.54) is 5.56 Å². The number of carboxylic acids is 1. The smallest absolute Gasteiger partial charge is 0.0997 e. The predicted octanol–water partition coefficient (Wildman–Crippen LogP) is -0.417. The van der Waals surface area contributed by atoms with Crippen molar-refractivity contribution >= 4 is 5.97 Å². The van der Waals surface area contributed by atoms with E-state index in [9.17, 15) is 9.90 Å². The van der Waals surface area contributed by atoms with Crippen LogP contribution < -0.4 is 10.8 Å². The normalized spacial score (nSPS) is 8.68. The highest BCUT2D eigenvalue weighted by Crippen LogP contribution is 1.97. The van der Waals surface area contributed by atoms with Gasteiger partial charge in [0.25, 0.3) is 0 Å². The molecule has 0 aliphatic carbocycles. The minimum atomic E-state index is -1.04. The molecule has 0 amide bonds. The van der Waals surface area contributed by atoms with Crippen LogP contribution in [0.1, 0.15) is 11.1 Å². The molecule has 0 aliphatic rings. The van der Waals surface area contributed by atoms with E-state index < -0.39 is 5.97 Å². The highest BCUT2D eigenvalue weighted by Gasteiger charge is 1.88. The molecule has 0 aromatic heterocycles. The molecule has 2 aromatic carbocycles.